The number of nitro groups is 1. The van der Waals surface area contributed by atoms with E-state index in [0.717, 1.165) is 61.1 Å². The zero-order chi connectivity index (χ0) is 35.1. The second-order valence-electron chi connectivity index (χ2n) is 13.1. The molecule has 2 N–H and O–H groups in total. The van der Waals surface area contributed by atoms with E-state index >= 15 is 0 Å². The number of thiophene rings is 1. The van der Waals surface area contributed by atoms with E-state index < -0.39 is 26.9 Å². The molecule has 266 valence electrons. The van der Waals surface area contributed by atoms with Gasteiger partial charge in [-0.2, -0.15) is 4.31 Å². The second kappa shape index (κ2) is 16.6. The Hall–Kier alpha value is -3.69. The SMILES string of the molecule is CN1CCN(c2ccc(-c3ccc(C(O)NCCCN(C4CCN(Cc5ccccc5)CC4)S(=O)(=O)c4ccccc4[N+](=O)[O-])s3)cc2)CC1. The summed E-state index contributed by atoms with van der Waals surface area (Å²) >= 11 is 1.52. The minimum absolute atomic E-state index is 0.173. The maximum atomic E-state index is 14.1. The van der Waals surface area contributed by atoms with Gasteiger partial charge in [0.15, 0.2) is 4.90 Å². The Morgan fingerprint density at radius 3 is 2.30 bits per heavy atom. The predicted molar refractivity (Wildman–Crippen MR) is 199 cm³/mol. The lowest BCUT2D eigenvalue weighted by Crippen LogP contribution is -2.48. The molecule has 2 aliphatic rings. The van der Waals surface area contributed by atoms with Crippen LogP contribution in [0.2, 0.25) is 0 Å². The van der Waals surface area contributed by atoms with Gasteiger partial charge in [-0.15, -0.1) is 11.3 Å². The van der Waals surface area contributed by atoms with E-state index in [4.69, 9.17) is 0 Å². The van der Waals surface area contributed by atoms with Gasteiger partial charge in [0, 0.05) is 79.9 Å². The summed E-state index contributed by atoms with van der Waals surface area (Å²) in [6.07, 6.45) is 0.765. The molecule has 11 nitrogen and oxygen atoms in total. The number of benzene rings is 3. The molecule has 0 radical (unpaired) electrons. The number of piperazine rings is 1. The van der Waals surface area contributed by atoms with Crippen molar-refractivity contribution in [3.63, 3.8) is 0 Å². The summed E-state index contributed by atoms with van der Waals surface area (Å²) in [6, 6.07) is 28.0. The topological polar surface area (TPSA) is 123 Å². The molecule has 0 amide bonds. The highest BCUT2D eigenvalue weighted by molar-refractivity contribution is 7.89. The summed E-state index contributed by atoms with van der Waals surface area (Å²) in [5, 5.41) is 26.0. The first-order chi connectivity index (χ1) is 24.2. The number of likely N-dealkylation sites (tertiary alicyclic amines) is 1. The number of nitro benzene ring substituents is 1. The molecular weight excluding hydrogens is 673 g/mol. The molecule has 6 rings (SSSR count). The monoisotopic (exact) mass is 718 g/mol. The molecule has 0 aliphatic carbocycles. The smallest absolute Gasteiger partial charge is 0.289 e. The lowest BCUT2D eigenvalue weighted by Gasteiger charge is -2.38. The van der Waals surface area contributed by atoms with E-state index in [1.807, 2.05) is 30.3 Å². The third-order valence-corrected chi connectivity index (χ3v) is 12.9. The molecule has 50 heavy (non-hydrogen) atoms. The van der Waals surface area contributed by atoms with Crippen LogP contribution in [0, 0.1) is 10.1 Å². The first kappa shape index (κ1) is 36.1. The molecule has 2 saturated heterocycles. The summed E-state index contributed by atoms with van der Waals surface area (Å²) in [5.41, 5.74) is 3.10. The third-order valence-electron chi connectivity index (χ3n) is 9.67. The Morgan fingerprint density at radius 2 is 1.60 bits per heavy atom. The fourth-order valence-electron chi connectivity index (χ4n) is 6.79. The number of anilines is 1. The standard InChI is InChI=1S/C37H46N6O5S2/c1-39-24-26-41(27-25-39)31-14-12-30(13-15-31)34-16-17-35(49-34)37(44)38-20-7-21-42(50(47,48)36-11-6-5-10-33(36)43(45)46)32-18-22-40(23-19-32)28-29-8-3-2-4-9-29/h2-6,8-17,32,37-38,44H,7,18-28H2,1H3. The van der Waals surface area contributed by atoms with Gasteiger partial charge in [-0.05, 0) is 74.3 Å². The number of nitrogens with zero attached hydrogens (tertiary/aromatic N) is 5. The average molecular weight is 719 g/mol. The van der Waals surface area contributed by atoms with E-state index in [0.29, 0.717) is 25.8 Å². The largest absolute Gasteiger partial charge is 0.373 e. The van der Waals surface area contributed by atoms with Gasteiger partial charge in [0.2, 0.25) is 10.0 Å². The fourth-order valence-corrected chi connectivity index (χ4v) is 9.65. The summed E-state index contributed by atoms with van der Waals surface area (Å²) in [7, 11) is -2.02. The first-order valence-corrected chi connectivity index (χ1v) is 19.5. The summed E-state index contributed by atoms with van der Waals surface area (Å²) in [6.45, 7) is 6.91. The highest BCUT2D eigenvalue weighted by atomic mass is 32.2. The molecule has 1 unspecified atom stereocenters. The third kappa shape index (κ3) is 8.78. The average Bonchev–Trinajstić information content (AvgIpc) is 3.64. The number of sulfonamides is 1. The van der Waals surface area contributed by atoms with Crippen molar-refractivity contribution in [2.24, 2.45) is 0 Å². The van der Waals surface area contributed by atoms with E-state index in [2.05, 4.69) is 63.5 Å². The minimum Gasteiger partial charge on any atom is -0.373 e. The van der Waals surface area contributed by atoms with Gasteiger partial charge >= 0.3 is 0 Å². The Labute approximate surface area is 299 Å². The van der Waals surface area contributed by atoms with Gasteiger partial charge in [-0.3, -0.25) is 20.3 Å². The Bertz CT molecular complexity index is 1810. The maximum Gasteiger partial charge on any atom is 0.289 e. The number of hydrogen-bond acceptors (Lipinski definition) is 10. The van der Waals surface area contributed by atoms with Crippen LogP contribution in [-0.2, 0) is 16.6 Å². The van der Waals surface area contributed by atoms with Crippen molar-refractivity contribution >= 4 is 32.7 Å². The molecule has 0 bridgehead atoms. The maximum absolute atomic E-state index is 14.1. The number of likely N-dealkylation sites (N-methyl/N-ethyl adjacent to an activating group) is 1. The van der Waals surface area contributed by atoms with Crippen LogP contribution in [0.15, 0.2) is 95.9 Å². The van der Waals surface area contributed by atoms with Crippen molar-refractivity contribution in [3.8, 4) is 10.4 Å². The highest BCUT2D eigenvalue weighted by Gasteiger charge is 2.37. The Balaban J connectivity index is 1.07. The summed E-state index contributed by atoms with van der Waals surface area (Å²) < 4.78 is 29.6. The molecule has 1 aromatic heterocycles. The number of nitrogens with one attached hydrogen (secondary N) is 1. The normalized spacial score (nSPS) is 17.3. The lowest BCUT2D eigenvalue weighted by molar-refractivity contribution is -0.387. The number of rotatable bonds is 14. The number of para-hydroxylation sites is 1. The molecule has 0 spiro atoms. The summed E-state index contributed by atoms with van der Waals surface area (Å²) in [4.78, 5) is 19.8. The van der Waals surface area contributed by atoms with Crippen LogP contribution >= 0.6 is 11.3 Å². The Morgan fingerprint density at radius 1 is 0.920 bits per heavy atom. The van der Waals surface area contributed by atoms with E-state index in [1.165, 1.54) is 51.2 Å². The zero-order valence-electron chi connectivity index (χ0n) is 28.4. The molecule has 2 aliphatic heterocycles. The van der Waals surface area contributed by atoms with Crippen LogP contribution in [-0.4, -0.2) is 98.0 Å². The lowest BCUT2D eigenvalue weighted by atomic mass is 10.0. The van der Waals surface area contributed by atoms with Crippen molar-refractivity contribution in [3.05, 3.63) is 112 Å². The number of piperidine rings is 1. The van der Waals surface area contributed by atoms with Crippen molar-refractivity contribution in [2.45, 2.75) is 43.0 Å². The molecule has 0 saturated carbocycles. The fraction of sp³-hybridized carbons (Fsp3) is 0.405. The predicted octanol–water partition coefficient (Wildman–Crippen LogP) is 5.40. The van der Waals surface area contributed by atoms with E-state index in [-0.39, 0.29) is 17.5 Å². The van der Waals surface area contributed by atoms with Crippen LogP contribution in [0.5, 0.6) is 0 Å². The molecular formula is C37H46N6O5S2. The molecule has 3 heterocycles. The van der Waals surface area contributed by atoms with E-state index in [1.54, 1.807) is 0 Å². The van der Waals surface area contributed by atoms with Gasteiger partial charge in [0.05, 0.1) is 4.92 Å². The molecule has 3 aromatic carbocycles. The van der Waals surface area contributed by atoms with Gasteiger partial charge in [-0.25, -0.2) is 8.42 Å². The van der Waals surface area contributed by atoms with Gasteiger partial charge < -0.3 is 14.9 Å². The van der Waals surface area contributed by atoms with Gasteiger partial charge in [-0.1, -0.05) is 54.6 Å². The van der Waals surface area contributed by atoms with Crippen molar-refractivity contribution in [1.82, 2.24) is 19.4 Å². The van der Waals surface area contributed by atoms with Crippen LogP contribution in [0.4, 0.5) is 11.4 Å². The highest BCUT2D eigenvalue weighted by Crippen LogP contribution is 2.33. The quantitative estimate of drug-likeness (QED) is 0.0764. The molecule has 4 aromatic rings. The molecule has 2 fully saturated rings. The van der Waals surface area contributed by atoms with Crippen LogP contribution < -0.4 is 10.2 Å². The van der Waals surface area contributed by atoms with Crippen LogP contribution in [0.25, 0.3) is 10.4 Å². The van der Waals surface area contributed by atoms with Crippen molar-refractivity contribution in [2.75, 3.05) is 64.3 Å². The zero-order valence-corrected chi connectivity index (χ0v) is 30.1. The van der Waals surface area contributed by atoms with Gasteiger partial charge in [0.1, 0.15) is 6.23 Å². The Kier molecular flexibility index (Phi) is 12.0. The van der Waals surface area contributed by atoms with Crippen molar-refractivity contribution in [1.29, 1.82) is 0 Å². The molecule has 13 heteroatoms. The number of hydrogen-bond donors (Lipinski definition) is 2. The summed E-state index contributed by atoms with van der Waals surface area (Å²) in [5.74, 6) is 0. The van der Waals surface area contributed by atoms with Crippen LogP contribution in [0.3, 0.4) is 0 Å². The van der Waals surface area contributed by atoms with E-state index in [9.17, 15) is 23.6 Å². The van der Waals surface area contributed by atoms with Gasteiger partial charge in [0.25, 0.3) is 5.69 Å². The van der Waals surface area contributed by atoms with Crippen molar-refractivity contribution < 1.29 is 18.4 Å². The number of aliphatic hydroxyl groups excluding tert-OH is 1. The van der Waals surface area contributed by atoms with Crippen LogP contribution in [0.1, 0.15) is 35.9 Å². The minimum atomic E-state index is -4.17. The molecule has 1 atom stereocenters. The second-order valence-corrected chi connectivity index (χ2v) is 16.1. The first-order valence-electron chi connectivity index (χ1n) is 17.3. The number of aliphatic hydroxyl groups is 1.